The highest BCUT2D eigenvalue weighted by molar-refractivity contribution is 4.99. The third kappa shape index (κ3) is 25.5. The minimum absolute atomic E-state index is 0.931. The fourth-order valence-corrected chi connectivity index (χ4v) is 8.09. The van der Waals surface area contributed by atoms with Gasteiger partial charge >= 0.3 is 0 Å². The fourth-order valence-electron chi connectivity index (χ4n) is 8.09. The second-order valence-corrected chi connectivity index (χ2v) is 17.1. The van der Waals surface area contributed by atoms with Crippen LogP contribution in [-0.2, 0) is 25.9 Å². The van der Waals surface area contributed by atoms with E-state index in [2.05, 4.69) is 78.4 Å². The molecule has 0 atom stereocenters. The Balaban J connectivity index is 1.07. The number of unbranched alkanes of at least 4 members (excludes halogenated alkanes) is 30. The van der Waals surface area contributed by atoms with E-state index in [0.717, 1.165) is 57.1 Å². The van der Waals surface area contributed by atoms with Crippen molar-refractivity contribution in [1.82, 2.24) is 39.8 Å². The Morgan fingerprint density at radius 2 is 0.636 bits per heavy atom. The highest BCUT2D eigenvalue weighted by Crippen LogP contribution is 2.16. The molecule has 1 aliphatic heterocycles. The predicted molar refractivity (Wildman–Crippen MR) is 234 cm³/mol. The molecule has 0 fully saturated rings. The minimum Gasteiger partial charge on any atom is -0.358 e. The predicted octanol–water partition coefficient (Wildman–Crippen LogP) is 13.2. The average molecular weight is 765 g/mol. The summed E-state index contributed by atoms with van der Waals surface area (Å²) in [5, 5.41) is 17.7. The maximum atomic E-state index is 4.46. The quantitative estimate of drug-likeness (QED) is 0.0630. The molecule has 1 aliphatic rings. The third-order valence-corrected chi connectivity index (χ3v) is 11.8. The molecule has 0 radical (unpaired) electrons. The van der Waals surface area contributed by atoms with Gasteiger partial charge in [-0.25, -0.2) is 0 Å². The SMILES string of the molecule is CCCCCCCCCCCCCCCCCCn1cc(CCN2C=CN(CCc3cn(CCCCCCCCCCCCCCCCCC)nn3)C2)nn1. The van der Waals surface area contributed by atoms with Crippen molar-refractivity contribution in [3.05, 3.63) is 36.2 Å². The topological polar surface area (TPSA) is 67.9 Å². The summed E-state index contributed by atoms with van der Waals surface area (Å²) in [7, 11) is 0. The lowest BCUT2D eigenvalue weighted by atomic mass is 10.0. The van der Waals surface area contributed by atoms with E-state index >= 15 is 0 Å². The summed E-state index contributed by atoms with van der Waals surface area (Å²) in [5.74, 6) is 0. The fraction of sp³-hybridized carbons (Fsp3) is 0.872. The number of aryl methyl sites for hydroxylation is 2. The van der Waals surface area contributed by atoms with E-state index in [1.807, 2.05) is 0 Å². The summed E-state index contributed by atoms with van der Waals surface area (Å²) in [5.41, 5.74) is 2.20. The van der Waals surface area contributed by atoms with Crippen molar-refractivity contribution in [3.8, 4) is 0 Å². The Kier molecular flexibility index (Phi) is 28.8. The molecule has 3 rings (SSSR count). The van der Waals surface area contributed by atoms with E-state index in [9.17, 15) is 0 Å². The van der Waals surface area contributed by atoms with Crippen molar-refractivity contribution in [3.63, 3.8) is 0 Å². The van der Waals surface area contributed by atoms with Crippen molar-refractivity contribution in [1.29, 1.82) is 0 Å². The molecule has 0 spiro atoms. The Hall–Kier alpha value is -2.38. The van der Waals surface area contributed by atoms with E-state index in [0.29, 0.717) is 0 Å². The number of hydrogen-bond acceptors (Lipinski definition) is 6. The largest absolute Gasteiger partial charge is 0.358 e. The second-order valence-electron chi connectivity index (χ2n) is 17.1. The number of aromatic nitrogens is 6. The Morgan fingerprint density at radius 3 is 0.927 bits per heavy atom. The van der Waals surface area contributed by atoms with Crippen molar-refractivity contribution in [2.75, 3.05) is 19.8 Å². The molecule has 0 saturated heterocycles. The molecule has 0 saturated carbocycles. The number of nitrogens with zero attached hydrogens (tertiary/aromatic N) is 8. The van der Waals surface area contributed by atoms with Crippen LogP contribution in [0.25, 0.3) is 0 Å². The highest BCUT2D eigenvalue weighted by Gasteiger charge is 2.14. The maximum Gasteiger partial charge on any atom is 0.0894 e. The van der Waals surface area contributed by atoms with Gasteiger partial charge in [-0.2, -0.15) is 0 Å². The summed E-state index contributed by atoms with van der Waals surface area (Å²) in [4.78, 5) is 4.76. The molecule has 8 nitrogen and oxygen atoms in total. The van der Waals surface area contributed by atoms with E-state index in [1.165, 1.54) is 205 Å². The third-order valence-electron chi connectivity index (χ3n) is 11.8. The van der Waals surface area contributed by atoms with Crippen molar-refractivity contribution >= 4 is 0 Å². The van der Waals surface area contributed by atoms with Gasteiger partial charge in [0.15, 0.2) is 0 Å². The lowest BCUT2D eigenvalue weighted by Gasteiger charge is -2.20. The van der Waals surface area contributed by atoms with Crippen molar-refractivity contribution in [2.24, 2.45) is 0 Å². The summed E-state index contributed by atoms with van der Waals surface area (Å²) in [6, 6.07) is 0. The lowest BCUT2D eigenvalue weighted by Crippen LogP contribution is -2.28. The van der Waals surface area contributed by atoms with Gasteiger partial charge in [0, 0.05) is 63.8 Å². The Morgan fingerprint density at radius 1 is 0.364 bits per heavy atom. The molecule has 0 unspecified atom stereocenters. The van der Waals surface area contributed by atoms with Gasteiger partial charge < -0.3 is 9.80 Å². The zero-order valence-corrected chi connectivity index (χ0v) is 36.5. The number of rotatable bonds is 40. The van der Waals surface area contributed by atoms with Crippen LogP contribution in [0.1, 0.15) is 231 Å². The van der Waals surface area contributed by atoms with Crippen LogP contribution in [0.3, 0.4) is 0 Å². The average Bonchev–Trinajstić information content (AvgIpc) is 3.98. The van der Waals surface area contributed by atoms with E-state index < -0.39 is 0 Å². The normalized spacial score (nSPS) is 12.9. The van der Waals surface area contributed by atoms with Crippen LogP contribution < -0.4 is 0 Å². The summed E-state index contributed by atoms with van der Waals surface area (Å²) in [6.07, 6.45) is 55.6. The van der Waals surface area contributed by atoms with E-state index in [1.54, 1.807) is 0 Å². The molecule has 2 aromatic rings. The van der Waals surface area contributed by atoms with Crippen LogP contribution in [0.4, 0.5) is 0 Å². The first-order chi connectivity index (χ1) is 27.3. The van der Waals surface area contributed by atoms with Crippen LogP contribution >= 0.6 is 0 Å². The smallest absolute Gasteiger partial charge is 0.0894 e. The van der Waals surface area contributed by atoms with Crippen LogP contribution in [0.5, 0.6) is 0 Å². The molecule has 0 amide bonds. The summed E-state index contributed by atoms with van der Waals surface area (Å²) in [6.45, 7) is 9.46. The maximum absolute atomic E-state index is 4.46. The molecule has 8 heteroatoms. The molecule has 0 aromatic carbocycles. The standard InChI is InChI=1S/C47H88N8/c1-3-5-7-9-11-13-15-17-19-21-23-25-27-29-31-33-37-54-43-46(48-50-54)35-39-52-41-42-53(45-52)40-36-47-44-55(51-49-47)38-34-32-30-28-26-24-22-20-18-16-14-12-10-8-6-4-2/h41-44H,3-40,45H2,1-2H3. The first-order valence-corrected chi connectivity index (χ1v) is 24.2. The van der Waals surface area contributed by atoms with Gasteiger partial charge in [0.25, 0.3) is 0 Å². The van der Waals surface area contributed by atoms with Crippen LogP contribution in [0, 0.1) is 0 Å². The van der Waals surface area contributed by atoms with E-state index in [4.69, 9.17) is 0 Å². The molecule has 0 bridgehead atoms. The van der Waals surface area contributed by atoms with Crippen LogP contribution in [-0.4, -0.2) is 59.5 Å². The molecule has 55 heavy (non-hydrogen) atoms. The monoisotopic (exact) mass is 765 g/mol. The van der Waals surface area contributed by atoms with Gasteiger partial charge in [-0.15, -0.1) is 10.2 Å². The molecular formula is C47H88N8. The van der Waals surface area contributed by atoms with E-state index in [-0.39, 0.29) is 0 Å². The Labute approximate surface area is 340 Å². The molecular weight excluding hydrogens is 677 g/mol. The summed E-state index contributed by atoms with van der Waals surface area (Å²) < 4.78 is 4.11. The van der Waals surface area contributed by atoms with Gasteiger partial charge in [-0.3, -0.25) is 9.36 Å². The zero-order chi connectivity index (χ0) is 38.7. The zero-order valence-electron chi connectivity index (χ0n) is 36.5. The lowest BCUT2D eigenvalue weighted by molar-refractivity contribution is 0.268. The first kappa shape index (κ1) is 47.0. The molecule has 2 aromatic heterocycles. The van der Waals surface area contributed by atoms with Crippen molar-refractivity contribution in [2.45, 2.75) is 245 Å². The van der Waals surface area contributed by atoms with Crippen LogP contribution in [0.2, 0.25) is 0 Å². The van der Waals surface area contributed by atoms with Gasteiger partial charge in [-0.1, -0.05) is 217 Å². The van der Waals surface area contributed by atoms with Crippen molar-refractivity contribution < 1.29 is 0 Å². The molecule has 3 heterocycles. The second kappa shape index (κ2) is 33.7. The van der Waals surface area contributed by atoms with Gasteiger partial charge in [0.05, 0.1) is 18.1 Å². The molecule has 316 valence electrons. The summed E-state index contributed by atoms with van der Waals surface area (Å²) >= 11 is 0. The number of hydrogen-bond donors (Lipinski definition) is 0. The van der Waals surface area contributed by atoms with Gasteiger partial charge in [0.2, 0.25) is 0 Å². The highest BCUT2D eigenvalue weighted by atomic mass is 15.4. The molecule has 0 N–H and O–H groups in total. The first-order valence-electron chi connectivity index (χ1n) is 24.2. The van der Waals surface area contributed by atoms with Crippen LogP contribution in [0.15, 0.2) is 24.8 Å². The van der Waals surface area contributed by atoms with Gasteiger partial charge in [0.1, 0.15) is 0 Å². The minimum atomic E-state index is 0.931. The molecule has 0 aliphatic carbocycles. The van der Waals surface area contributed by atoms with Gasteiger partial charge in [-0.05, 0) is 12.8 Å². The Bertz CT molecular complexity index is 1060.